The smallest absolute Gasteiger partial charge is 0.288 e. The summed E-state index contributed by atoms with van der Waals surface area (Å²) in [6, 6.07) is 32.5. The van der Waals surface area contributed by atoms with E-state index in [0.29, 0.717) is 12.3 Å². The highest BCUT2D eigenvalue weighted by Crippen LogP contribution is 2.36. The van der Waals surface area contributed by atoms with Gasteiger partial charge in [0.05, 0.1) is 6.10 Å². The van der Waals surface area contributed by atoms with Gasteiger partial charge in [0, 0.05) is 24.9 Å². The highest BCUT2D eigenvalue weighted by atomic mass is 28.4. The van der Waals surface area contributed by atoms with Crippen LogP contribution in [0.25, 0.3) is 0 Å². The van der Waals surface area contributed by atoms with Crippen LogP contribution in [0.15, 0.2) is 103 Å². The van der Waals surface area contributed by atoms with Gasteiger partial charge in [0.25, 0.3) is 8.32 Å². The maximum Gasteiger partial charge on any atom is 0.288 e. The summed E-state index contributed by atoms with van der Waals surface area (Å²) in [7, 11) is -2.78. The third-order valence-corrected chi connectivity index (χ3v) is 11.3. The fraction of sp³-hybridized carbons (Fsp3) is 0.276. The summed E-state index contributed by atoms with van der Waals surface area (Å²) in [6.45, 7) is 2.86. The minimum Gasteiger partial charge on any atom is -0.400 e. The van der Waals surface area contributed by atoms with Crippen molar-refractivity contribution in [1.29, 1.82) is 0 Å². The lowest BCUT2D eigenvalue weighted by molar-refractivity contribution is -0.131. The van der Waals surface area contributed by atoms with Crippen molar-refractivity contribution in [2.75, 3.05) is 6.54 Å². The number of hydrogen-bond acceptors (Lipinski definition) is 2. The van der Waals surface area contributed by atoms with Crippen LogP contribution in [-0.4, -0.2) is 37.8 Å². The molecule has 0 aromatic heterocycles. The minimum absolute atomic E-state index is 0.0561. The van der Waals surface area contributed by atoms with E-state index in [0.717, 1.165) is 19.4 Å². The number of allylic oxidation sites excluding steroid dienone is 1. The topological polar surface area (TPSA) is 29.5 Å². The molecular formula is C29H31NO2Si. The zero-order valence-corrected chi connectivity index (χ0v) is 20.1. The highest BCUT2D eigenvalue weighted by molar-refractivity contribution is 7.07. The Morgan fingerprint density at radius 3 is 1.82 bits per heavy atom. The van der Waals surface area contributed by atoms with Crippen LogP contribution in [0.4, 0.5) is 0 Å². The van der Waals surface area contributed by atoms with Gasteiger partial charge in [-0.25, -0.2) is 0 Å². The van der Waals surface area contributed by atoms with E-state index < -0.39 is 8.32 Å². The van der Waals surface area contributed by atoms with Gasteiger partial charge in [-0.2, -0.15) is 0 Å². The third kappa shape index (κ3) is 3.98. The lowest BCUT2D eigenvalue weighted by atomic mass is 9.86. The SMILES string of the molecule is C/C=C/[C@@H]1[C@@H](O[Si](c2ccccc2)(c2ccccc2)c2ccccc2)CCN2C(=O)CC[C@@H]12. The van der Waals surface area contributed by atoms with E-state index in [1.807, 2.05) is 0 Å². The standard InChI is InChI=1S/C29H31NO2Si/c1-2-12-26-27-19-20-29(31)30(27)22-21-28(26)32-33(23-13-6-3-7-14-23,24-15-8-4-9-16-24)25-17-10-5-11-18-25/h2-18,26-28H,19-22H2,1H3/b12-2+/t26-,27-,28-/m0/s1. The van der Waals surface area contributed by atoms with Crippen LogP contribution in [0.3, 0.4) is 0 Å². The molecule has 0 bridgehead atoms. The predicted molar refractivity (Wildman–Crippen MR) is 137 cm³/mol. The Morgan fingerprint density at radius 1 is 0.818 bits per heavy atom. The number of piperidine rings is 1. The normalized spacial score (nSPS) is 23.1. The van der Waals surface area contributed by atoms with Gasteiger partial charge >= 0.3 is 0 Å². The van der Waals surface area contributed by atoms with E-state index in [4.69, 9.17) is 4.43 Å². The van der Waals surface area contributed by atoms with Gasteiger partial charge in [0.15, 0.2) is 0 Å². The summed E-state index contributed by atoms with van der Waals surface area (Å²) < 4.78 is 7.50. The fourth-order valence-electron chi connectivity index (χ4n) is 5.71. The van der Waals surface area contributed by atoms with E-state index >= 15 is 0 Å². The molecule has 2 heterocycles. The molecule has 33 heavy (non-hydrogen) atoms. The monoisotopic (exact) mass is 453 g/mol. The summed E-state index contributed by atoms with van der Waals surface area (Å²) in [6.07, 6.45) is 6.90. The molecule has 2 aliphatic rings. The van der Waals surface area contributed by atoms with E-state index in [1.165, 1.54) is 15.6 Å². The molecule has 168 valence electrons. The number of rotatable bonds is 6. The molecule has 0 saturated carbocycles. The average molecular weight is 454 g/mol. The molecule has 4 heteroatoms. The lowest BCUT2D eigenvalue weighted by Crippen LogP contribution is -2.71. The number of nitrogens with zero attached hydrogens (tertiary/aromatic N) is 1. The van der Waals surface area contributed by atoms with Crippen LogP contribution in [-0.2, 0) is 9.22 Å². The number of fused-ring (bicyclic) bond motifs is 1. The Balaban J connectivity index is 1.66. The minimum atomic E-state index is -2.78. The number of carbonyl (C=O) groups excluding carboxylic acids is 1. The van der Waals surface area contributed by atoms with Crippen LogP contribution in [0.2, 0.25) is 0 Å². The highest BCUT2D eigenvalue weighted by Gasteiger charge is 2.49. The molecule has 5 rings (SSSR count). The van der Waals surface area contributed by atoms with Crippen molar-refractivity contribution in [2.45, 2.75) is 38.3 Å². The molecular weight excluding hydrogens is 422 g/mol. The van der Waals surface area contributed by atoms with Gasteiger partial charge in [0.2, 0.25) is 5.91 Å². The van der Waals surface area contributed by atoms with Gasteiger partial charge in [-0.15, -0.1) is 0 Å². The van der Waals surface area contributed by atoms with Crippen molar-refractivity contribution in [1.82, 2.24) is 4.90 Å². The number of hydrogen-bond donors (Lipinski definition) is 0. The molecule has 2 fully saturated rings. The molecule has 0 N–H and O–H groups in total. The van der Waals surface area contributed by atoms with Gasteiger partial charge in [-0.05, 0) is 35.3 Å². The number of benzene rings is 3. The molecule has 3 nitrogen and oxygen atoms in total. The second-order valence-corrected chi connectivity index (χ2v) is 12.4. The first-order valence-corrected chi connectivity index (χ1v) is 13.9. The van der Waals surface area contributed by atoms with Gasteiger partial charge in [-0.1, -0.05) is 103 Å². The van der Waals surface area contributed by atoms with Crippen molar-refractivity contribution in [3.8, 4) is 0 Å². The van der Waals surface area contributed by atoms with E-state index in [9.17, 15) is 4.79 Å². The molecule has 0 spiro atoms. The number of amides is 1. The average Bonchev–Trinajstić information content (AvgIpc) is 3.26. The zero-order valence-electron chi connectivity index (χ0n) is 19.1. The first kappa shape index (κ1) is 21.9. The van der Waals surface area contributed by atoms with Crippen molar-refractivity contribution in [3.05, 3.63) is 103 Å². The summed E-state index contributed by atoms with van der Waals surface area (Å²) >= 11 is 0. The molecule has 0 unspecified atom stereocenters. The second kappa shape index (κ2) is 9.50. The van der Waals surface area contributed by atoms with Crippen molar-refractivity contribution in [2.24, 2.45) is 5.92 Å². The van der Waals surface area contributed by atoms with Gasteiger partial charge in [-0.3, -0.25) is 4.79 Å². The molecule has 3 aromatic rings. The van der Waals surface area contributed by atoms with E-state index in [1.54, 1.807) is 0 Å². The predicted octanol–water partition coefficient (Wildman–Crippen LogP) is 3.63. The largest absolute Gasteiger partial charge is 0.400 e. The molecule has 3 aromatic carbocycles. The molecule has 1 amide bonds. The van der Waals surface area contributed by atoms with Crippen molar-refractivity contribution >= 4 is 29.8 Å². The quantitative estimate of drug-likeness (QED) is 0.324. The van der Waals surface area contributed by atoms with Crippen molar-refractivity contribution in [3.63, 3.8) is 0 Å². The third-order valence-electron chi connectivity index (χ3n) is 7.19. The summed E-state index contributed by atoms with van der Waals surface area (Å²) in [4.78, 5) is 14.6. The summed E-state index contributed by atoms with van der Waals surface area (Å²) in [5, 5.41) is 3.77. The van der Waals surface area contributed by atoms with E-state index in [-0.39, 0.29) is 18.1 Å². The number of carbonyl (C=O) groups is 1. The summed E-state index contributed by atoms with van der Waals surface area (Å²) in [5.41, 5.74) is 0. The zero-order chi connectivity index (χ0) is 22.7. The molecule has 2 saturated heterocycles. The van der Waals surface area contributed by atoms with Crippen LogP contribution in [0.1, 0.15) is 26.2 Å². The van der Waals surface area contributed by atoms with Gasteiger partial charge < -0.3 is 9.33 Å². The van der Waals surface area contributed by atoms with Crippen LogP contribution in [0.5, 0.6) is 0 Å². The molecule has 0 radical (unpaired) electrons. The lowest BCUT2D eigenvalue weighted by Gasteiger charge is -2.45. The molecule has 0 aliphatic carbocycles. The fourth-order valence-corrected chi connectivity index (χ4v) is 9.84. The second-order valence-electron chi connectivity index (χ2n) is 9.02. The van der Waals surface area contributed by atoms with Crippen molar-refractivity contribution < 1.29 is 9.22 Å². The van der Waals surface area contributed by atoms with Crippen LogP contribution in [0, 0.1) is 5.92 Å². The maximum absolute atomic E-state index is 12.5. The maximum atomic E-state index is 12.5. The Morgan fingerprint density at radius 2 is 1.33 bits per heavy atom. The molecule has 3 atom stereocenters. The molecule has 2 aliphatic heterocycles. The van der Waals surface area contributed by atoms with Crippen LogP contribution >= 0.6 is 0 Å². The van der Waals surface area contributed by atoms with Crippen LogP contribution < -0.4 is 15.6 Å². The van der Waals surface area contributed by atoms with Gasteiger partial charge in [0.1, 0.15) is 0 Å². The first-order chi connectivity index (χ1) is 16.2. The first-order valence-electron chi connectivity index (χ1n) is 12.0. The Hall–Kier alpha value is -2.95. The Labute approximate surface area is 197 Å². The Bertz CT molecular complexity index is 1000. The van der Waals surface area contributed by atoms with E-state index in [2.05, 4.69) is 115 Å². The Kier molecular flexibility index (Phi) is 6.29. The summed E-state index contributed by atoms with van der Waals surface area (Å²) in [5.74, 6) is 0.504.